The van der Waals surface area contributed by atoms with Crippen LogP contribution in [0.5, 0.6) is 0 Å². The Kier molecular flexibility index (Phi) is 3.46. The maximum Gasteiger partial charge on any atom is 0.291 e. The zero-order chi connectivity index (χ0) is 16.7. The number of hydrogen-bond donors (Lipinski definition) is 0. The zero-order valence-corrected chi connectivity index (χ0v) is 13.5. The van der Waals surface area contributed by atoms with E-state index in [1.54, 1.807) is 18.2 Å². The molecule has 0 saturated carbocycles. The van der Waals surface area contributed by atoms with Gasteiger partial charge in [0, 0.05) is 5.56 Å². The maximum absolute atomic E-state index is 13.3. The minimum Gasteiger partial charge on any atom is -0.266 e. The number of fused-ring (bicyclic) bond motifs is 1. The Morgan fingerprint density at radius 3 is 2.67 bits per heavy atom. The van der Waals surface area contributed by atoms with Crippen LogP contribution < -0.4 is 10.1 Å². The van der Waals surface area contributed by atoms with Gasteiger partial charge in [0.05, 0.1) is 4.53 Å². The van der Waals surface area contributed by atoms with Gasteiger partial charge in [-0.2, -0.15) is 9.50 Å². The van der Waals surface area contributed by atoms with E-state index < -0.39 is 0 Å². The van der Waals surface area contributed by atoms with Crippen LogP contribution in [0.15, 0.2) is 53.3 Å². The molecule has 4 aromatic rings. The van der Waals surface area contributed by atoms with E-state index in [1.165, 1.54) is 28.0 Å². The highest BCUT2D eigenvalue weighted by atomic mass is 32.1. The highest BCUT2D eigenvalue weighted by Gasteiger charge is 2.11. The molecule has 0 spiro atoms. The Balaban J connectivity index is 1.81. The molecule has 4 nitrogen and oxygen atoms in total. The Morgan fingerprint density at radius 2 is 1.96 bits per heavy atom. The van der Waals surface area contributed by atoms with Crippen molar-refractivity contribution in [2.75, 3.05) is 0 Å². The third-order valence-corrected chi connectivity index (χ3v) is 4.60. The van der Waals surface area contributed by atoms with Crippen LogP contribution in [0.3, 0.4) is 0 Å². The van der Waals surface area contributed by atoms with Gasteiger partial charge < -0.3 is 0 Å². The number of halogens is 1. The van der Waals surface area contributed by atoms with E-state index >= 15 is 0 Å². The van der Waals surface area contributed by atoms with E-state index in [4.69, 9.17) is 0 Å². The summed E-state index contributed by atoms with van der Waals surface area (Å²) in [6.45, 7) is 2.01. The standard InChI is InChI=1S/C18H12FN3OS/c1-11-5-7-13(8-6-11)16-20-18-22(21-16)17(23)15(24-18)10-12-3-2-4-14(19)9-12/h2-10H,1H3/b15-10-. The molecule has 0 atom stereocenters. The Labute approximate surface area is 140 Å². The van der Waals surface area contributed by atoms with Crippen molar-refractivity contribution in [1.29, 1.82) is 0 Å². The molecular weight excluding hydrogens is 325 g/mol. The van der Waals surface area contributed by atoms with Gasteiger partial charge in [-0.15, -0.1) is 5.10 Å². The van der Waals surface area contributed by atoms with Gasteiger partial charge in [0.15, 0.2) is 5.82 Å². The molecular formula is C18H12FN3OS. The van der Waals surface area contributed by atoms with Gasteiger partial charge in [-0.25, -0.2) is 4.39 Å². The lowest BCUT2D eigenvalue weighted by Gasteiger charge is -1.95. The second kappa shape index (κ2) is 5.65. The van der Waals surface area contributed by atoms with Crippen LogP contribution in [0, 0.1) is 12.7 Å². The first-order chi connectivity index (χ1) is 11.6. The van der Waals surface area contributed by atoms with Crippen molar-refractivity contribution in [3.05, 3.63) is 80.4 Å². The van der Waals surface area contributed by atoms with E-state index in [-0.39, 0.29) is 11.4 Å². The van der Waals surface area contributed by atoms with E-state index in [2.05, 4.69) is 10.1 Å². The van der Waals surface area contributed by atoms with Crippen molar-refractivity contribution in [3.8, 4) is 11.4 Å². The normalized spacial score (nSPS) is 12.2. The van der Waals surface area contributed by atoms with Crippen molar-refractivity contribution in [1.82, 2.24) is 14.6 Å². The predicted molar refractivity (Wildman–Crippen MR) is 92.5 cm³/mol. The average Bonchev–Trinajstić information content (AvgIpc) is 3.09. The van der Waals surface area contributed by atoms with Gasteiger partial charge in [0.1, 0.15) is 5.82 Å². The van der Waals surface area contributed by atoms with Gasteiger partial charge in [0.2, 0.25) is 4.96 Å². The van der Waals surface area contributed by atoms with Crippen molar-refractivity contribution in [2.45, 2.75) is 6.92 Å². The summed E-state index contributed by atoms with van der Waals surface area (Å²) in [7, 11) is 0. The largest absolute Gasteiger partial charge is 0.291 e. The van der Waals surface area contributed by atoms with Crippen molar-refractivity contribution in [3.63, 3.8) is 0 Å². The Hall–Kier alpha value is -2.86. The second-order valence-corrected chi connectivity index (χ2v) is 6.48. The molecule has 0 aliphatic heterocycles. The van der Waals surface area contributed by atoms with Crippen molar-refractivity contribution >= 4 is 22.4 Å². The molecule has 2 aromatic carbocycles. The minimum atomic E-state index is -0.336. The molecule has 0 amide bonds. The first-order valence-corrected chi connectivity index (χ1v) is 8.16. The number of aryl methyl sites for hydroxylation is 1. The molecule has 118 valence electrons. The zero-order valence-electron chi connectivity index (χ0n) is 12.7. The maximum atomic E-state index is 13.3. The summed E-state index contributed by atoms with van der Waals surface area (Å²) in [5, 5.41) is 4.30. The lowest BCUT2D eigenvalue weighted by atomic mass is 10.1. The Bertz CT molecular complexity index is 1150. The molecule has 0 aliphatic carbocycles. The van der Waals surface area contributed by atoms with E-state index in [0.717, 1.165) is 11.1 Å². The van der Waals surface area contributed by atoms with Crippen LogP contribution in [0.25, 0.3) is 22.4 Å². The van der Waals surface area contributed by atoms with Crippen LogP contribution in [0.4, 0.5) is 4.39 Å². The summed E-state index contributed by atoms with van der Waals surface area (Å²) in [6, 6.07) is 13.9. The predicted octanol–water partition coefficient (Wildman–Crippen LogP) is 2.81. The number of benzene rings is 2. The molecule has 2 heterocycles. The molecule has 0 bridgehead atoms. The van der Waals surface area contributed by atoms with Crippen LogP contribution in [0.2, 0.25) is 0 Å². The minimum absolute atomic E-state index is 0.245. The number of nitrogens with zero attached hydrogens (tertiary/aromatic N) is 3. The van der Waals surface area contributed by atoms with Gasteiger partial charge in [0.25, 0.3) is 5.56 Å². The lowest BCUT2D eigenvalue weighted by Crippen LogP contribution is -2.23. The molecule has 6 heteroatoms. The highest BCUT2D eigenvalue weighted by Crippen LogP contribution is 2.17. The molecule has 2 aromatic heterocycles. The van der Waals surface area contributed by atoms with Crippen LogP contribution in [0.1, 0.15) is 11.1 Å². The molecule has 0 saturated heterocycles. The second-order valence-electron chi connectivity index (χ2n) is 5.47. The Morgan fingerprint density at radius 1 is 1.17 bits per heavy atom. The third kappa shape index (κ3) is 2.61. The number of aromatic nitrogens is 3. The quantitative estimate of drug-likeness (QED) is 0.565. The molecule has 0 aliphatic rings. The molecule has 4 rings (SSSR count). The van der Waals surface area contributed by atoms with Gasteiger partial charge in [-0.05, 0) is 30.7 Å². The fourth-order valence-corrected chi connectivity index (χ4v) is 3.31. The van der Waals surface area contributed by atoms with Gasteiger partial charge in [-0.3, -0.25) is 4.79 Å². The highest BCUT2D eigenvalue weighted by molar-refractivity contribution is 7.15. The summed E-state index contributed by atoms with van der Waals surface area (Å²) in [5.74, 6) is 0.188. The fourth-order valence-electron chi connectivity index (χ4n) is 2.41. The summed E-state index contributed by atoms with van der Waals surface area (Å²) in [4.78, 5) is 17.4. The van der Waals surface area contributed by atoms with E-state index in [9.17, 15) is 9.18 Å². The molecule has 0 unspecified atom stereocenters. The van der Waals surface area contributed by atoms with Crippen molar-refractivity contribution in [2.24, 2.45) is 0 Å². The molecule has 24 heavy (non-hydrogen) atoms. The monoisotopic (exact) mass is 337 g/mol. The van der Waals surface area contributed by atoms with Gasteiger partial charge >= 0.3 is 0 Å². The third-order valence-electron chi connectivity index (χ3n) is 3.64. The smallest absolute Gasteiger partial charge is 0.266 e. The van der Waals surface area contributed by atoms with Crippen LogP contribution in [-0.4, -0.2) is 14.6 Å². The molecule has 0 radical (unpaired) electrons. The van der Waals surface area contributed by atoms with Gasteiger partial charge in [-0.1, -0.05) is 53.3 Å². The number of rotatable bonds is 2. The topological polar surface area (TPSA) is 47.3 Å². The summed E-state index contributed by atoms with van der Waals surface area (Å²) < 4.78 is 15.0. The lowest BCUT2D eigenvalue weighted by molar-refractivity contribution is 0.627. The van der Waals surface area contributed by atoms with E-state index in [0.29, 0.717) is 20.9 Å². The van der Waals surface area contributed by atoms with Crippen molar-refractivity contribution < 1.29 is 4.39 Å². The first kappa shape index (κ1) is 14.7. The summed E-state index contributed by atoms with van der Waals surface area (Å²) in [5.41, 5.74) is 2.41. The van der Waals surface area contributed by atoms with Crippen LogP contribution in [-0.2, 0) is 0 Å². The summed E-state index contributed by atoms with van der Waals surface area (Å²) in [6.07, 6.45) is 1.65. The van der Waals surface area contributed by atoms with Crippen LogP contribution >= 0.6 is 11.3 Å². The number of thiazole rings is 1. The fraction of sp³-hybridized carbons (Fsp3) is 0.0556. The SMILES string of the molecule is Cc1ccc(-c2nc3s/c(=C\c4cccc(F)c4)c(=O)n3n2)cc1. The average molecular weight is 337 g/mol. The van der Waals surface area contributed by atoms with E-state index in [1.807, 2.05) is 31.2 Å². The molecule has 0 fully saturated rings. The summed E-state index contributed by atoms with van der Waals surface area (Å²) >= 11 is 1.24. The molecule has 0 N–H and O–H groups in total. The first-order valence-electron chi connectivity index (χ1n) is 7.34. The number of hydrogen-bond acceptors (Lipinski definition) is 4.